The fourth-order valence-electron chi connectivity index (χ4n) is 4.18. The van der Waals surface area contributed by atoms with Gasteiger partial charge in [0.25, 0.3) is 5.56 Å². The summed E-state index contributed by atoms with van der Waals surface area (Å²) >= 11 is 0. The minimum absolute atomic E-state index is 0.00287. The summed E-state index contributed by atoms with van der Waals surface area (Å²) in [6, 6.07) is 0. The first-order valence-electron chi connectivity index (χ1n) is 10.1. The normalized spacial score (nSPS) is 21.8. The van der Waals surface area contributed by atoms with E-state index in [4.69, 9.17) is 0 Å². The predicted molar refractivity (Wildman–Crippen MR) is 102 cm³/mol. The quantitative estimate of drug-likeness (QED) is 0.795. The summed E-state index contributed by atoms with van der Waals surface area (Å²) in [6.45, 7) is 5.22. The maximum atomic E-state index is 13.2. The van der Waals surface area contributed by atoms with Gasteiger partial charge in [0.2, 0.25) is 11.8 Å². The number of unbranched alkanes of at least 4 members (excludes halogenated alkanes) is 1. The molecule has 0 saturated heterocycles. The number of hydrogen-bond acceptors (Lipinski definition) is 4. The molecule has 148 valence electrons. The molecule has 0 radical (unpaired) electrons. The number of hydrogen-bond donors (Lipinski definition) is 1. The lowest BCUT2D eigenvalue weighted by atomic mass is 9.78. The second kappa shape index (κ2) is 8.23. The molecule has 2 aliphatic rings. The highest BCUT2D eigenvalue weighted by Crippen LogP contribution is 2.33. The van der Waals surface area contributed by atoms with Crippen molar-refractivity contribution >= 4 is 11.8 Å². The number of nitrogens with one attached hydrogen (secondary N) is 1. The number of aromatic nitrogens is 2. The van der Waals surface area contributed by atoms with Crippen molar-refractivity contribution in [3.05, 3.63) is 27.4 Å². The maximum Gasteiger partial charge on any atom is 0.258 e. The number of amides is 2. The molecule has 1 N–H and O–H groups in total. The summed E-state index contributed by atoms with van der Waals surface area (Å²) in [6.07, 6.45) is 5.43. The molecule has 2 heterocycles. The van der Waals surface area contributed by atoms with Gasteiger partial charge in [0, 0.05) is 25.4 Å². The Kier molecular flexibility index (Phi) is 5.97. The smallest absolute Gasteiger partial charge is 0.258 e. The third-order valence-corrected chi connectivity index (χ3v) is 5.94. The van der Waals surface area contributed by atoms with Crippen molar-refractivity contribution in [3.8, 4) is 0 Å². The van der Waals surface area contributed by atoms with Gasteiger partial charge in [0.15, 0.2) is 0 Å². The maximum absolute atomic E-state index is 13.2. The van der Waals surface area contributed by atoms with E-state index in [1.807, 2.05) is 0 Å². The average molecular weight is 374 g/mol. The first kappa shape index (κ1) is 19.6. The zero-order chi connectivity index (χ0) is 19.6. The molecule has 7 nitrogen and oxygen atoms in total. The van der Waals surface area contributed by atoms with Gasteiger partial charge in [-0.3, -0.25) is 19.0 Å². The van der Waals surface area contributed by atoms with E-state index in [1.54, 1.807) is 18.9 Å². The van der Waals surface area contributed by atoms with Crippen molar-refractivity contribution in [1.82, 2.24) is 19.8 Å². The highest BCUT2D eigenvalue weighted by atomic mass is 16.2. The van der Waals surface area contributed by atoms with Crippen LogP contribution in [-0.4, -0.2) is 32.8 Å². The molecule has 3 rings (SSSR count). The lowest BCUT2D eigenvalue weighted by Crippen LogP contribution is -2.44. The largest absolute Gasteiger partial charge is 0.356 e. The molecule has 1 saturated carbocycles. The Morgan fingerprint density at radius 3 is 2.59 bits per heavy atom. The summed E-state index contributed by atoms with van der Waals surface area (Å²) in [4.78, 5) is 44.5. The van der Waals surface area contributed by atoms with Crippen molar-refractivity contribution in [2.45, 2.75) is 65.5 Å². The molecule has 0 aromatic carbocycles. The van der Waals surface area contributed by atoms with E-state index in [0.29, 0.717) is 36.7 Å². The standard InChI is InChI=1S/C20H30N4O3/c1-4-5-10-21-18(25)14-8-6-7-9-15(14)20(27)24-11-16-17(12-24)22-13(2)23(3)19(16)26/h14-15H,4-12H2,1-3H3,(H,21,25). The molecule has 0 spiro atoms. The van der Waals surface area contributed by atoms with E-state index < -0.39 is 0 Å². The van der Waals surface area contributed by atoms with Gasteiger partial charge in [-0.05, 0) is 26.2 Å². The minimum Gasteiger partial charge on any atom is -0.356 e. The lowest BCUT2D eigenvalue weighted by Gasteiger charge is -2.32. The van der Waals surface area contributed by atoms with E-state index in [2.05, 4.69) is 17.2 Å². The molecule has 0 bridgehead atoms. The third-order valence-electron chi connectivity index (χ3n) is 5.94. The predicted octanol–water partition coefficient (Wildman–Crippen LogP) is 1.65. The van der Waals surface area contributed by atoms with Gasteiger partial charge in [0.05, 0.1) is 24.3 Å². The molecule has 7 heteroatoms. The number of carbonyl (C=O) groups excluding carboxylic acids is 2. The van der Waals surface area contributed by atoms with Crippen LogP contribution in [0.1, 0.15) is 62.5 Å². The SMILES string of the molecule is CCCCNC(=O)C1CCCCC1C(=O)N1Cc2nc(C)n(C)c(=O)c2C1. The summed E-state index contributed by atoms with van der Waals surface area (Å²) in [7, 11) is 1.70. The van der Waals surface area contributed by atoms with E-state index in [0.717, 1.165) is 38.5 Å². The van der Waals surface area contributed by atoms with Crippen LogP contribution in [0.15, 0.2) is 4.79 Å². The van der Waals surface area contributed by atoms with Crippen LogP contribution in [0.2, 0.25) is 0 Å². The molecule has 2 atom stereocenters. The van der Waals surface area contributed by atoms with Gasteiger partial charge < -0.3 is 10.2 Å². The zero-order valence-electron chi connectivity index (χ0n) is 16.6. The van der Waals surface area contributed by atoms with E-state index >= 15 is 0 Å². The summed E-state index contributed by atoms with van der Waals surface area (Å²) in [5.74, 6) is 0.0917. The van der Waals surface area contributed by atoms with Crippen molar-refractivity contribution in [1.29, 1.82) is 0 Å². The Labute approximate surface area is 160 Å². The van der Waals surface area contributed by atoms with Crippen LogP contribution in [-0.2, 0) is 29.7 Å². The minimum atomic E-state index is -0.292. The number of aryl methyl sites for hydroxylation is 1. The Hall–Kier alpha value is -2.18. The van der Waals surface area contributed by atoms with Crippen molar-refractivity contribution in [2.24, 2.45) is 18.9 Å². The van der Waals surface area contributed by atoms with E-state index in [-0.39, 0.29) is 29.2 Å². The van der Waals surface area contributed by atoms with Crippen LogP contribution < -0.4 is 10.9 Å². The van der Waals surface area contributed by atoms with Crippen molar-refractivity contribution in [3.63, 3.8) is 0 Å². The number of carbonyl (C=O) groups is 2. The topological polar surface area (TPSA) is 84.3 Å². The average Bonchev–Trinajstić information content (AvgIpc) is 3.09. The first-order chi connectivity index (χ1) is 12.9. The van der Waals surface area contributed by atoms with Gasteiger partial charge >= 0.3 is 0 Å². The first-order valence-corrected chi connectivity index (χ1v) is 10.1. The monoisotopic (exact) mass is 374 g/mol. The highest BCUT2D eigenvalue weighted by molar-refractivity contribution is 5.88. The fraction of sp³-hybridized carbons (Fsp3) is 0.700. The number of fused-ring (bicyclic) bond motifs is 1. The van der Waals surface area contributed by atoms with Crippen LogP contribution in [0, 0.1) is 18.8 Å². The summed E-state index contributed by atoms with van der Waals surface area (Å²) in [5, 5.41) is 2.99. The molecule has 1 aliphatic heterocycles. The number of nitrogens with zero attached hydrogens (tertiary/aromatic N) is 3. The molecule has 1 aliphatic carbocycles. The van der Waals surface area contributed by atoms with Gasteiger partial charge in [0.1, 0.15) is 5.82 Å². The molecule has 2 unspecified atom stereocenters. The molecule has 1 aromatic heterocycles. The van der Waals surface area contributed by atoms with Crippen LogP contribution in [0.4, 0.5) is 0 Å². The molecule has 1 fully saturated rings. The fourth-order valence-corrected chi connectivity index (χ4v) is 4.18. The van der Waals surface area contributed by atoms with Crippen LogP contribution in [0.5, 0.6) is 0 Å². The zero-order valence-corrected chi connectivity index (χ0v) is 16.6. The Morgan fingerprint density at radius 2 is 1.89 bits per heavy atom. The molecular weight excluding hydrogens is 344 g/mol. The summed E-state index contributed by atoms with van der Waals surface area (Å²) < 4.78 is 1.53. The Morgan fingerprint density at radius 1 is 1.19 bits per heavy atom. The Bertz CT molecular complexity index is 786. The molecule has 27 heavy (non-hydrogen) atoms. The Balaban J connectivity index is 1.73. The van der Waals surface area contributed by atoms with E-state index in [1.165, 1.54) is 4.57 Å². The lowest BCUT2D eigenvalue weighted by molar-refractivity contribution is -0.144. The van der Waals surface area contributed by atoms with Gasteiger partial charge in [-0.2, -0.15) is 0 Å². The second-order valence-corrected chi connectivity index (χ2v) is 7.78. The second-order valence-electron chi connectivity index (χ2n) is 7.78. The number of rotatable bonds is 5. The third kappa shape index (κ3) is 3.92. The van der Waals surface area contributed by atoms with Crippen LogP contribution >= 0.6 is 0 Å². The highest BCUT2D eigenvalue weighted by Gasteiger charge is 2.39. The molecule has 1 aromatic rings. The van der Waals surface area contributed by atoms with E-state index in [9.17, 15) is 14.4 Å². The van der Waals surface area contributed by atoms with Crippen molar-refractivity contribution in [2.75, 3.05) is 6.54 Å². The van der Waals surface area contributed by atoms with Gasteiger partial charge in [-0.25, -0.2) is 4.98 Å². The van der Waals surface area contributed by atoms with Crippen LogP contribution in [0.3, 0.4) is 0 Å². The van der Waals surface area contributed by atoms with Gasteiger partial charge in [-0.1, -0.05) is 26.2 Å². The summed E-state index contributed by atoms with van der Waals surface area (Å²) in [5.41, 5.74) is 1.23. The van der Waals surface area contributed by atoms with Crippen LogP contribution in [0.25, 0.3) is 0 Å². The molecule has 2 amide bonds. The van der Waals surface area contributed by atoms with Gasteiger partial charge in [-0.15, -0.1) is 0 Å². The molecular formula is C20H30N4O3. The van der Waals surface area contributed by atoms with Crippen molar-refractivity contribution < 1.29 is 9.59 Å².